The number of nitrogens with zero attached hydrogens (tertiary/aromatic N) is 1. The van der Waals surface area contributed by atoms with Crippen LogP contribution in [0.5, 0.6) is 0 Å². The van der Waals surface area contributed by atoms with Crippen LogP contribution >= 0.6 is 7.82 Å². The third kappa shape index (κ3) is 40.5. The Balaban J connectivity index is 4.23. The highest BCUT2D eigenvalue weighted by atomic mass is 31.2. The molecule has 1 amide bonds. The molecule has 0 spiro atoms. The van der Waals surface area contributed by atoms with Gasteiger partial charge in [0.1, 0.15) is 13.2 Å². The number of amides is 1. The van der Waals surface area contributed by atoms with Crippen molar-refractivity contribution in [2.75, 3.05) is 40.9 Å². The minimum Gasteiger partial charge on any atom is -0.756 e. The van der Waals surface area contributed by atoms with E-state index in [4.69, 9.17) is 9.05 Å². The summed E-state index contributed by atoms with van der Waals surface area (Å²) in [5.74, 6) is -0.173. The van der Waals surface area contributed by atoms with E-state index < -0.39 is 20.0 Å². The number of quaternary nitrogens is 1. The molecule has 0 fully saturated rings. The lowest BCUT2D eigenvalue weighted by atomic mass is 10.0. The summed E-state index contributed by atoms with van der Waals surface area (Å²) in [6, 6.07) is -0.802. The Hall–Kier alpha value is -1.54. The molecular formula is C46H87N2O6P. The Morgan fingerprint density at radius 3 is 1.62 bits per heavy atom. The summed E-state index contributed by atoms with van der Waals surface area (Å²) in [6.45, 7) is 4.58. The number of phosphoric acid groups is 1. The van der Waals surface area contributed by atoms with Crippen LogP contribution in [0.3, 0.4) is 0 Å². The number of hydrogen-bond donors (Lipinski definition) is 2. The van der Waals surface area contributed by atoms with E-state index in [2.05, 4.69) is 67.8 Å². The molecule has 0 aliphatic rings. The van der Waals surface area contributed by atoms with Gasteiger partial charge in [-0.05, 0) is 51.4 Å². The van der Waals surface area contributed by atoms with E-state index in [1.807, 2.05) is 21.1 Å². The molecule has 0 aromatic heterocycles. The number of rotatable bonds is 40. The Morgan fingerprint density at radius 2 is 1.11 bits per heavy atom. The molecule has 0 radical (unpaired) electrons. The maximum atomic E-state index is 12.9. The number of aliphatic hydroxyl groups excluding tert-OH is 1. The van der Waals surface area contributed by atoms with Gasteiger partial charge in [-0.15, -0.1) is 0 Å². The standard InChI is InChI=1S/C46H87N2O6P/c1-6-8-10-12-14-16-18-19-20-21-22-23-24-25-26-27-28-29-30-32-34-36-38-40-46(50)47-44(43-54-55(51,52)53-42-41-48(3,4)5)45(49)39-37-35-33-31-17-15-13-11-9-7-2/h8,10,14,16,19-20,22-23,44-45,49H,6-7,9,11-13,15,17-18,21,24-43H2,1-5H3,(H-,47,50,51,52)/b10-8-,16-14-,20-19-,23-22-. The number of carbonyl (C=O) groups is 1. The lowest BCUT2D eigenvalue weighted by molar-refractivity contribution is -0.870. The van der Waals surface area contributed by atoms with Gasteiger partial charge in [0, 0.05) is 6.42 Å². The van der Waals surface area contributed by atoms with Crippen molar-refractivity contribution in [2.24, 2.45) is 0 Å². The van der Waals surface area contributed by atoms with E-state index >= 15 is 0 Å². The first-order valence-electron chi connectivity index (χ1n) is 22.5. The molecular weight excluding hydrogens is 707 g/mol. The molecule has 0 aromatic rings. The fourth-order valence-electron chi connectivity index (χ4n) is 6.26. The maximum Gasteiger partial charge on any atom is 0.268 e. The van der Waals surface area contributed by atoms with Crippen molar-refractivity contribution in [1.29, 1.82) is 0 Å². The molecule has 0 aliphatic carbocycles. The normalized spacial score (nSPS) is 14.8. The van der Waals surface area contributed by atoms with Gasteiger partial charge in [-0.1, -0.05) is 178 Å². The summed E-state index contributed by atoms with van der Waals surface area (Å²) in [4.78, 5) is 25.3. The molecule has 0 aliphatic heterocycles. The molecule has 322 valence electrons. The van der Waals surface area contributed by atoms with Gasteiger partial charge in [0.2, 0.25) is 5.91 Å². The first kappa shape index (κ1) is 53.5. The molecule has 0 rings (SSSR count). The van der Waals surface area contributed by atoms with Crippen LogP contribution in [0.4, 0.5) is 0 Å². The van der Waals surface area contributed by atoms with Crippen LogP contribution in [-0.4, -0.2) is 68.5 Å². The van der Waals surface area contributed by atoms with Crippen molar-refractivity contribution in [3.8, 4) is 0 Å². The largest absolute Gasteiger partial charge is 0.756 e. The van der Waals surface area contributed by atoms with Crippen LogP contribution in [0, 0.1) is 0 Å². The summed E-state index contributed by atoms with van der Waals surface area (Å²) >= 11 is 0. The van der Waals surface area contributed by atoms with Gasteiger partial charge in [0.25, 0.3) is 7.82 Å². The van der Waals surface area contributed by atoms with E-state index in [-0.39, 0.29) is 19.1 Å². The topological polar surface area (TPSA) is 108 Å². The molecule has 2 N–H and O–H groups in total. The Labute approximate surface area is 339 Å². The van der Waals surface area contributed by atoms with Crippen molar-refractivity contribution < 1.29 is 32.9 Å². The van der Waals surface area contributed by atoms with Gasteiger partial charge in [-0.25, -0.2) is 0 Å². The highest BCUT2D eigenvalue weighted by molar-refractivity contribution is 7.45. The zero-order valence-electron chi connectivity index (χ0n) is 36.4. The average molecular weight is 795 g/mol. The van der Waals surface area contributed by atoms with Gasteiger partial charge in [-0.3, -0.25) is 9.36 Å². The molecule has 3 atom stereocenters. The predicted octanol–water partition coefficient (Wildman–Crippen LogP) is 11.8. The second kappa shape index (κ2) is 38.0. The van der Waals surface area contributed by atoms with E-state index in [1.54, 1.807) is 0 Å². The molecule has 0 heterocycles. The number of nitrogens with one attached hydrogen (secondary N) is 1. The van der Waals surface area contributed by atoms with Crippen LogP contribution < -0.4 is 10.2 Å². The zero-order chi connectivity index (χ0) is 40.7. The van der Waals surface area contributed by atoms with E-state index in [1.165, 1.54) is 96.3 Å². The predicted molar refractivity (Wildman–Crippen MR) is 233 cm³/mol. The summed E-state index contributed by atoms with van der Waals surface area (Å²) < 4.78 is 23.2. The second-order valence-electron chi connectivity index (χ2n) is 16.4. The third-order valence-corrected chi connectivity index (χ3v) is 10.8. The Kier molecular flexibility index (Phi) is 36.9. The molecule has 9 heteroatoms. The lowest BCUT2D eigenvalue weighted by Gasteiger charge is -2.30. The van der Waals surface area contributed by atoms with Gasteiger partial charge >= 0.3 is 0 Å². The van der Waals surface area contributed by atoms with Crippen LogP contribution in [0.25, 0.3) is 0 Å². The van der Waals surface area contributed by atoms with Crippen LogP contribution in [0.2, 0.25) is 0 Å². The fraction of sp³-hybridized carbons (Fsp3) is 0.804. The van der Waals surface area contributed by atoms with Crippen LogP contribution in [0.15, 0.2) is 48.6 Å². The highest BCUT2D eigenvalue weighted by Crippen LogP contribution is 2.38. The first-order chi connectivity index (χ1) is 26.5. The second-order valence-corrected chi connectivity index (χ2v) is 17.8. The number of allylic oxidation sites excluding steroid dienone is 8. The van der Waals surface area contributed by atoms with Crippen molar-refractivity contribution in [1.82, 2.24) is 5.32 Å². The molecule has 0 saturated heterocycles. The minimum absolute atomic E-state index is 0.00964. The summed E-state index contributed by atoms with van der Waals surface area (Å²) in [5.41, 5.74) is 0. The smallest absolute Gasteiger partial charge is 0.268 e. The molecule has 55 heavy (non-hydrogen) atoms. The minimum atomic E-state index is -4.56. The van der Waals surface area contributed by atoms with E-state index in [0.29, 0.717) is 23.9 Å². The van der Waals surface area contributed by atoms with Crippen molar-refractivity contribution >= 4 is 13.7 Å². The van der Waals surface area contributed by atoms with Crippen molar-refractivity contribution in [3.05, 3.63) is 48.6 Å². The van der Waals surface area contributed by atoms with E-state index in [9.17, 15) is 19.4 Å². The molecule has 3 unspecified atom stereocenters. The van der Waals surface area contributed by atoms with Crippen molar-refractivity contribution in [3.63, 3.8) is 0 Å². The number of aliphatic hydroxyl groups is 1. The molecule has 8 nitrogen and oxygen atoms in total. The van der Waals surface area contributed by atoms with Gasteiger partial charge in [0.05, 0.1) is 39.9 Å². The highest BCUT2D eigenvalue weighted by Gasteiger charge is 2.24. The summed E-state index contributed by atoms with van der Waals surface area (Å²) in [5, 5.41) is 13.9. The lowest BCUT2D eigenvalue weighted by Crippen LogP contribution is -2.46. The van der Waals surface area contributed by atoms with Gasteiger partial charge in [0.15, 0.2) is 0 Å². The summed E-state index contributed by atoms with van der Waals surface area (Å²) in [6.07, 6.45) is 46.9. The fourth-order valence-corrected chi connectivity index (χ4v) is 6.99. The monoisotopic (exact) mass is 795 g/mol. The molecule has 0 bridgehead atoms. The van der Waals surface area contributed by atoms with Crippen LogP contribution in [-0.2, 0) is 18.4 Å². The van der Waals surface area contributed by atoms with Crippen LogP contribution in [0.1, 0.15) is 187 Å². The maximum absolute atomic E-state index is 12.9. The SMILES string of the molecule is CC/C=C\C/C=C\C/C=C\C/C=C\CCCCCCCCCCCCC(=O)NC(COP(=O)([O-])OCC[N+](C)(C)C)C(O)CCCCCCCCCCCC. The molecule has 0 saturated carbocycles. The number of unbranched alkanes of at least 4 members (excludes halogenated alkanes) is 19. The van der Waals surface area contributed by atoms with E-state index in [0.717, 1.165) is 64.2 Å². The number of carbonyl (C=O) groups excluding carboxylic acids is 1. The average Bonchev–Trinajstić information content (AvgIpc) is 3.13. The number of phosphoric ester groups is 1. The third-order valence-electron chi connectivity index (χ3n) is 9.83. The zero-order valence-corrected chi connectivity index (χ0v) is 37.3. The quantitative estimate of drug-likeness (QED) is 0.0277. The van der Waals surface area contributed by atoms with Crippen molar-refractivity contribution in [2.45, 2.75) is 199 Å². The Morgan fingerprint density at radius 1 is 0.655 bits per heavy atom. The van der Waals surface area contributed by atoms with Gasteiger partial charge < -0.3 is 28.8 Å². The molecule has 0 aromatic carbocycles. The first-order valence-corrected chi connectivity index (χ1v) is 23.9. The number of hydrogen-bond acceptors (Lipinski definition) is 6. The Bertz CT molecular complexity index is 1040. The number of likely N-dealkylation sites (N-methyl/N-ethyl adjacent to an activating group) is 1. The van der Waals surface area contributed by atoms with Gasteiger partial charge in [-0.2, -0.15) is 0 Å². The summed E-state index contributed by atoms with van der Waals surface area (Å²) in [7, 11) is 1.29.